The second kappa shape index (κ2) is 13.9. The summed E-state index contributed by atoms with van der Waals surface area (Å²) in [6.07, 6.45) is 9.23. The normalized spacial score (nSPS) is 18.9. The lowest BCUT2D eigenvalue weighted by molar-refractivity contribution is -0.137. The molecule has 0 aromatic heterocycles. The first kappa shape index (κ1) is 31.1. The summed E-state index contributed by atoms with van der Waals surface area (Å²) in [5.41, 5.74) is 2.82. The van der Waals surface area contributed by atoms with Crippen LogP contribution < -0.4 is 4.74 Å². The molecule has 0 radical (unpaired) electrons. The monoisotopic (exact) mass is 571 g/mol. The maximum atomic E-state index is 15.8. The van der Waals surface area contributed by atoms with E-state index in [1.807, 2.05) is 24.0 Å². The van der Waals surface area contributed by atoms with Crippen LogP contribution in [0, 0.1) is 11.6 Å². The molecule has 2 aliphatic rings. The topological polar surface area (TPSA) is 49.8 Å². The van der Waals surface area contributed by atoms with Crippen molar-refractivity contribution in [2.45, 2.75) is 109 Å². The minimum absolute atomic E-state index is 0.0307. The molecule has 0 saturated carbocycles. The molecule has 1 N–H and O–H groups in total. The Morgan fingerprint density at radius 2 is 1.61 bits per heavy atom. The van der Waals surface area contributed by atoms with Gasteiger partial charge in [-0.25, -0.2) is 13.2 Å². The number of carboxylic acids is 1. The highest BCUT2D eigenvalue weighted by molar-refractivity contribution is 5.79. The van der Waals surface area contributed by atoms with Gasteiger partial charge >= 0.3 is 5.97 Å². The van der Waals surface area contributed by atoms with Gasteiger partial charge in [0.05, 0.1) is 12.6 Å². The van der Waals surface area contributed by atoms with Crippen LogP contribution in [0.25, 0.3) is 5.57 Å². The molecule has 4 nitrogen and oxygen atoms in total. The average molecular weight is 572 g/mol. The smallest absolute Gasteiger partial charge is 0.303 e. The number of halogens is 3. The third kappa shape index (κ3) is 8.15. The number of hydrogen-bond donors (Lipinski definition) is 1. The van der Waals surface area contributed by atoms with Gasteiger partial charge in [0.15, 0.2) is 0 Å². The Labute approximate surface area is 242 Å². The number of rotatable bonds is 15. The second-order valence-electron chi connectivity index (χ2n) is 12.3. The van der Waals surface area contributed by atoms with Crippen molar-refractivity contribution in [2.24, 2.45) is 0 Å². The molecule has 1 aliphatic carbocycles. The van der Waals surface area contributed by atoms with Crippen LogP contribution in [-0.4, -0.2) is 40.8 Å². The maximum absolute atomic E-state index is 15.8. The van der Waals surface area contributed by atoms with E-state index < -0.39 is 29.3 Å². The highest BCUT2D eigenvalue weighted by atomic mass is 19.1. The minimum Gasteiger partial charge on any atom is -0.493 e. The predicted molar refractivity (Wildman–Crippen MR) is 157 cm³/mol. The van der Waals surface area contributed by atoms with E-state index in [1.54, 1.807) is 0 Å². The Kier molecular flexibility index (Phi) is 10.6. The molecule has 0 bridgehead atoms. The van der Waals surface area contributed by atoms with Crippen molar-refractivity contribution in [1.29, 1.82) is 0 Å². The lowest BCUT2D eigenvalue weighted by Crippen LogP contribution is -2.47. The molecule has 0 saturated heterocycles. The summed E-state index contributed by atoms with van der Waals surface area (Å²) in [6, 6.07) is 9.88. The third-order valence-corrected chi connectivity index (χ3v) is 8.28. The van der Waals surface area contributed by atoms with Crippen LogP contribution in [0.3, 0.4) is 0 Å². The van der Waals surface area contributed by atoms with Gasteiger partial charge in [0, 0.05) is 36.7 Å². The van der Waals surface area contributed by atoms with Crippen molar-refractivity contribution < 1.29 is 27.8 Å². The van der Waals surface area contributed by atoms with Crippen LogP contribution in [0.5, 0.6) is 5.75 Å². The van der Waals surface area contributed by atoms with Gasteiger partial charge in [-0.05, 0) is 68.7 Å². The van der Waals surface area contributed by atoms with Crippen LogP contribution in [0.4, 0.5) is 13.2 Å². The van der Waals surface area contributed by atoms with E-state index in [4.69, 9.17) is 9.84 Å². The van der Waals surface area contributed by atoms with E-state index in [1.165, 1.54) is 26.0 Å². The van der Waals surface area contributed by atoms with Crippen LogP contribution in [0.15, 0.2) is 42.0 Å². The van der Waals surface area contributed by atoms with Gasteiger partial charge in [-0.3, -0.25) is 9.69 Å². The molecule has 7 heteroatoms. The first-order chi connectivity index (χ1) is 19.5. The zero-order chi connectivity index (χ0) is 29.6. The van der Waals surface area contributed by atoms with Crippen LogP contribution in [0.2, 0.25) is 0 Å². The van der Waals surface area contributed by atoms with Gasteiger partial charge in [-0.1, -0.05) is 62.8 Å². The fourth-order valence-corrected chi connectivity index (χ4v) is 6.38. The van der Waals surface area contributed by atoms with Crippen molar-refractivity contribution in [3.8, 4) is 5.75 Å². The fourth-order valence-electron chi connectivity index (χ4n) is 6.38. The van der Waals surface area contributed by atoms with E-state index in [0.717, 1.165) is 73.6 Å². The van der Waals surface area contributed by atoms with Crippen molar-refractivity contribution >= 4 is 11.5 Å². The van der Waals surface area contributed by atoms with E-state index in [2.05, 4.69) is 12.1 Å². The molecule has 2 aromatic carbocycles. The Bertz CT molecular complexity index is 1210. The number of fused-ring (bicyclic) bond motifs is 2. The number of hydrogen-bond acceptors (Lipinski definition) is 3. The molecule has 0 amide bonds. The van der Waals surface area contributed by atoms with E-state index >= 15 is 8.78 Å². The van der Waals surface area contributed by atoms with E-state index in [-0.39, 0.29) is 30.3 Å². The summed E-state index contributed by atoms with van der Waals surface area (Å²) in [5.74, 6) is -1.89. The first-order valence-electron chi connectivity index (χ1n) is 15.1. The number of ether oxygens (including phenoxy) is 1. The zero-order valence-electron chi connectivity index (χ0n) is 24.7. The van der Waals surface area contributed by atoms with Crippen molar-refractivity contribution in [3.05, 3.63) is 70.3 Å². The molecule has 4 rings (SSSR count). The second-order valence-corrected chi connectivity index (χ2v) is 12.3. The SMILES string of the molecule is C[C@@H]1CC2=C(Cc3ccccc32)[C@@H](c2c(F)cc(OCCCCCCCCCCC(=O)O)cc2F)N1CC(C)(C)F. The molecule has 2 atom stereocenters. The van der Waals surface area contributed by atoms with Crippen molar-refractivity contribution in [1.82, 2.24) is 4.90 Å². The van der Waals surface area contributed by atoms with E-state index in [0.29, 0.717) is 19.4 Å². The number of carbonyl (C=O) groups is 1. The summed E-state index contributed by atoms with van der Waals surface area (Å²) in [6.45, 7) is 5.48. The highest BCUT2D eigenvalue weighted by Crippen LogP contribution is 2.50. The summed E-state index contributed by atoms with van der Waals surface area (Å²) in [5, 5.41) is 8.67. The number of nitrogens with zero attached hydrogens (tertiary/aromatic N) is 1. The van der Waals surface area contributed by atoms with Crippen molar-refractivity contribution in [2.75, 3.05) is 13.2 Å². The van der Waals surface area contributed by atoms with Gasteiger partial charge in [0.1, 0.15) is 23.1 Å². The summed E-state index contributed by atoms with van der Waals surface area (Å²) in [4.78, 5) is 12.5. The Balaban J connectivity index is 1.40. The lowest BCUT2D eigenvalue weighted by Gasteiger charge is -2.44. The molecule has 41 heavy (non-hydrogen) atoms. The predicted octanol–water partition coefficient (Wildman–Crippen LogP) is 8.83. The Morgan fingerprint density at radius 1 is 1.00 bits per heavy atom. The highest BCUT2D eigenvalue weighted by Gasteiger charge is 2.42. The number of alkyl halides is 1. The van der Waals surface area contributed by atoms with Crippen LogP contribution in [0.1, 0.15) is 108 Å². The van der Waals surface area contributed by atoms with Crippen molar-refractivity contribution in [3.63, 3.8) is 0 Å². The fraction of sp³-hybridized carbons (Fsp3) is 0.559. The maximum Gasteiger partial charge on any atom is 0.303 e. The largest absolute Gasteiger partial charge is 0.493 e. The molecule has 224 valence electrons. The number of carboxylic acid groups (broad SMARTS) is 1. The lowest BCUT2D eigenvalue weighted by atomic mass is 9.84. The van der Waals surface area contributed by atoms with Gasteiger partial charge < -0.3 is 9.84 Å². The average Bonchev–Trinajstić information content (AvgIpc) is 3.25. The number of benzene rings is 2. The van der Waals surface area contributed by atoms with Gasteiger partial charge in [0.2, 0.25) is 0 Å². The summed E-state index contributed by atoms with van der Waals surface area (Å²) >= 11 is 0. The minimum atomic E-state index is -1.52. The van der Waals surface area contributed by atoms with E-state index in [9.17, 15) is 9.18 Å². The first-order valence-corrected chi connectivity index (χ1v) is 15.1. The Hall–Kier alpha value is -2.80. The van der Waals surface area contributed by atoms with Gasteiger partial charge in [0.25, 0.3) is 0 Å². The van der Waals surface area contributed by atoms with Crippen LogP contribution >= 0.6 is 0 Å². The third-order valence-electron chi connectivity index (χ3n) is 8.28. The molecular formula is C34H44F3NO3. The quantitative estimate of drug-likeness (QED) is 0.217. The Morgan fingerprint density at radius 3 is 2.24 bits per heavy atom. The number of unbranched alkanes of at least 4 members (excludes halogenated alkanes) is 7. The molecular weight excluding hydrogens is 527 g/mol. The molecule has 0 fully saturated rings. The summed E-state index contributed by atoms with van der Waals surface area (Å²) in [7, 11) is 0. The standard InChI is InChI=1S/C34H44F3NO3/c1-23-18-27-26-15-12-11-14-24(26)19-28(27)33(38(23)22-34(2,3)37)32-29(35)20-25(21-30(32)36)41-17-13-9-7-5-4-6-8-10-16-31(39)40/h11-12,14-15,20-21,23,33H,4-10,13,16-19,22H2,1-3H3,(H,39,40)/t23-,33+/m1/s1. The van der Waals surface area contributed by atoms with Gasteiger partial charge in [-0.2, -0.15) is 0 Å². The zero-order valence-corrected chi connectivity index (χ0v) is 24.7. The summed E-state index contributed by atoms with van der Waals surface area (Å²) < 4.78 is 52.2. The number of aliphatic carboxylic acids is 1. The molecule has 2 aromatic rings. The molecule has 0 unspecified atom stereocenters. The molecule has 1 heterocycles. The van der Waals surface area contributed by atoms with Gasteiger partial charge in [-0.15, -0.1) is 0 Å². The molecule has 1 aliphatic heterocycles. The van der Waals surface area contributed by atoms with Crippen LogP contribution in [-0.2, 0) is 11.2 Å². The molecule has 0 spiro atoms.